The predicted octanol–water partition coefficient (Wildman–Crippen LogP) is -1.48. The number of nitrogens with zero attached hydrogens (tertiary/aromatic N) is 2. The molecule has 1 amide bonds. The fraction of sp³-hybridized carbons (Fsp3) is 0.900. The van der Waals surface area contributed by atoms with E-state index in [0.29, 0.717) is 32.7 Å². The lowest BCUT2D eigenvalue weighted by Gasteiger charge is -2.27. The van der Waals surface area contributed by atoms with E-state index >= 15 is 0 Å². The number of hydrogen-bond donors (Lipinski definition) is 1. The van der Waals surface area contributed by atoms with E-state index in [1.807, 2.05) is 4.90 Å². The Kier molecular flexibility index (Phi) is 5.35. The van der Waals surface area contributed by atoms with Gasteiger partial charge in [0, 0.05) is 26.7 Å². The third-order valence-electron chi connectivity index (χ3n) is 2.92. The maximum atomic E-state index is 11.8. The van der Waals surface area contributed by atoms with Gasteiger partial charge in [-0.05, 0) is 13.0 Å². The molecule has 0 unspecified atom stereocenters. The number of sulfone groups is 1. The van der Waals surface area contributed by atoms with Crippen molar-refractivity contribution in [1.82, 2.24) is 9.80 Å². The predicted molar refractivity (Wildman–Crippen MR) is 66.4 cm³/mol. The van der Waals surface area contributed by atoms with Crippen LogP contribution in [0.5, 0.6) is 0 Å². The SMILES string of the molecule is CN(CCCN)C(=O)CN1CCS(=O)(=O)CC1. The van der Waals surface area contributed by atoms with Crippen LogP contribution in [0.3, 0.4) is 0 Å². The van der Waals surface area contributed by atoms with Gasteiger partial charge in [-0.3, -0.25) is 9.69 Å². The normalized spacial score (nSPS) is 20.1. The average molecular weight is 263 g/mol. The second kappa shape index (κ2) is 6.32. The minimum Gasteiger partial charge on any atom is -0.345 e. The topological polar surface area (TPSA) is 83.7 Å². The number of amides is 1. The summed E-state index contributed by atoms with van der Waals surface area (Å²) in [5.41, 5.74) is 5.38. The minimum absolute atomic E-state index is 0.0257. The average Bonchev–Trinajstić information content (AvgIpc) is 2.28. The smallest absolute Gasteiger partial charge is 0.236 e. The van der Waals surface area contributed by atoms with Crippen LogP contribution in [-0.2, 0) is 14.6 Å². The van der Waals surface area contributed by atoms with Crippen LogP contribution < -0.4 is 5.73 Å². The van der Waals surface area contributed by atoms with Crippen molar-refractivity contribution >= 4 is 15.7 Å². The van der Waals surface area contributed by atoms with Gasteiger partial charge in [0.05, 0.1) is 18.1 Å². The maximum absolute atomic E-state index is 11.8. The second-order valence-corrected chi connectivity index (χ2v) is 6.69. The number of carbonyl (C=O) groups is 1. The molecule has 7 heteroatoms. The summed E-state index contributed by atoms with van der Waals surface area (Å²) in [6.07, 6.45) is 0.788. The Morgan fingerprint density at radius 1 is 1.35 bits per heavy atom. The molecule has 0 aromatic rings. The molecular weight excluding hydrogens is 242 g/mol. The zero-order valence-electron chi connectivity index (χ0n) is 10.3. The number of rotatable bonds is 5. The van der Waals surface area contributed by atoms with E-state index in [4.69, 9.17) is 5.73 Å². The monoisotopic (exact) mass is 263 g/mol. The van der Waals surface area contributed by atoms with Gasteiger partial charge in [0.2, 0.25) is 5.91 Å². The van der Waals surface area contributed by atoms with Crippen LogP contribution in [-0.4, -0.2) is 75.4 Å². The summed E-state index contributed by atoms with van der Waals surface area (Å²) in [7, 11) is -1.12. The molecule has 0 bridgehead atoms. The molecule has 0 saturated carbocycles. The molecular formula is C10H21N3O3S. The first-order chi connectivity index (χ1) is 7.94. The lowest BCUT2D eigenvalue weighted by molar-refractivity contribution is -0.131. The number of carbonyl (C=O) groups excluding carboxylic acids is 1. The Morgan fingerprint density at radius 3 is 2.47 bits per heavy atom. The Labute approximate surface area is 103 Å². The van der Waals surface area contributed by atoms with Gasteiger partial charge in [-0.25, -0.2) is 8.42 Å². The van der Waals surface area contributed by atoms with Crippen molar-refractivity contribution in [3.63, 3.8) is 0 Å². The van der Waals surface area contributed by atoms with Gasteiger partial charge in [-0.1, -0.05) is 0 Å². The van der Waals surface area contributed by atoms with Crippen molar-refractivity contribution in [1.29, 1.82) is 0 Å². The Bertz CT molecular complexity index is 342. The van der Waals surface area contributed by atoms with Crippen molar-refractivity contribution in [3.8, 4) is 0 Å². The zero-order chi connectivity index (χ0) is 12.9. The highest BCUT2D eigenvalue weighted by Crippen LogP contribution is 2.04. The van der Waals surface area contributed by atoms with Crippen molar-refractivity contribution < 1.29 is 13.2 Å². The number of hydrogen-bond acceptors (Lipinski definition) is 5. The van der Waals surface area contributed by atoms with E-state index in [2.05, 4.69) is 0 Å². The van der Waals surface area contributed by atoms with Crippen molar-refractivity contribution in [2.24, 2.45) is 5.73 Å². The highest BCUT2D eigenvalue weighted by atomic mass is 32.2. The van der Waals surface area contributed by atoms with E-state index in [1.165, 1.54) is 0 Å². The van der Waals surface area contributed by atoms with Gasteiger partial charge >= 0.3 is 0 Å². The molecule has 0 spiro atoms. The van der Waals surface area contributed by atoms with Crippen LogP contribution in [0.15, 0.2) is 0 Å². The van der Waals surface area contributed by atoms with Gasteiger partial charge in [0.25, 0.3) is 0 Å². The summed E-state index contributed by atoms with van der Waals surface area (Å²) >= 11 is 0. The van der Waals surface area contributed by atoms with Gasteiger partial charge in [-0.15, -0.1) is 0 Å². The zero-order valence-corrected chi connectivity index (χ0v) is 11.1. The van der Waals surface area contributed by atoms with E-state index in [1.54, 1.807) is 11.9 Å². The number of likely N-dealkylation sites (N-methyl/N-ethyl adjacent to an activating group) is 1. The molecule has 0 aliphatic carbocycles. The first kappa shape index (κ1) is 14.4. The molecule has 17 heavy (non-hydrogen) atoms. The summed E-state index contributed by atoms with van der Waals surface area (Å²) in [5, 5.41) is 0. The van der Waals surface area contributed by atoms with Crippen molar-refractivity contribution in [3.05, 3.63) is 0 Å². The van der Waals surface area contributed by atoms with Crippen LogP contribution in [0.4, 0.5) is 0 Å². The summed E-state index contributed by atoms with van der Waals surface area (Å²) in [6, 6.07) is 0. The third kappa shape index (κ3) is 5.01. The van der Waals surface area contributed by atoms with Gasteiger partial charge in [-0.2, -0.15) is 0 Å². The Hall–Kier alpha value is -0.660. The fourth-order valence-corrected chi connectivity index (χ4v) is 2.95. The van der Waals surface area contributed by atoms with Crippen molar-refractivity contribution in [2.45, 2.75) is 6.42 Å². The molecule has 1 aliphatic heterocycles. The highest BCUT2D eigenvalue weighted by molar-refractivity contribution is 7.91. The first-order valence-corrected chi connectivity index (χ1v) is 7.63. The quantitative estimate of drug-likeness (QED) is 0.654. The first-order valence-electron chi connectivity index (χ1n) is 5.81. The molecule has 0 radical (unpaired) electrons. The number of nitrogens with two attached hydrogens (primary N) is 1. The van der Waals surface area contributed by atoms with E-state index in [9.17, 15) is 13.2 Å². The lowest BCUT2D eigenvalue weighted by atomic mass is 10.3. The molecule has 0 atom stereocenters. The molecule has 0 aromatic carbocycles. The van der Waals surface area contributed by atoms with E-state index in [-0.39, 0.29) is 17.4 Å². The van der Waals surface area contributed by atoms with Gasteiger partial charge in [0.15, 0.2) is 9.84 Å². The Balaban J connectivity index is 2.32. The fourth-order valence-electron chi connectivity index (χ4n) is 1.67. The molecule has 1 heterocycles. The molecule has 1 rings (SSSR count). The molecule has 0 aromatic heterocycles. The maximum Gasteiger partial charge on any atom is 0.236 e. The van der Waals surface area contributed by atoms with Crippen LogP contribution >= 0.6 is 0 Å². The van der Waals surface area contributed by atoms with E-state index < -0.39 is 9.84 Å². The molecule has 100 valence electrons. The largest absolute Gasteiger partial charge is 0.345 e. The summed E-state index contributed by atoms with van der Waals surface area (Å²) in [5.74, 6) is 0.345. The lowest BCUT2D eigenvalue weighted by Crippen LogP contribution is -2.46. The second-order valence-electron chi connectivity index (χ2n) is 4.39. The third-order valence-corrected chi connectivity index (χ3v) is 4.53. The van der Waals surface area contributed by atoms with Crippen LogP contribution in [0.25, 0.3) is 0 Å². The van der Waals surface area contributed by atoms with Crippen LogP contribution in [0.1, 0.15) is 6.42 Å². The van der Waals surface area contributed by atoms with E-state index in [0.717, 1.165) is 6.42 Å². The standard InChI is InChI=1S/C10H21N3O3S/c1-12(4-2-3-11)10(14)9-13-5-7-17(15,16)8-6-13/h2-9,11H2,1H3. The molecule has 1 fully saturated rings. The highest BCUT2D eigenvalue weighted by Gasteiger charge is 2.23. The van der Waals surface area contributed by atoms with Crippen molar-refractivity contribution in [2.75, 3.05) is 51.3 Å². The summed E-state index contributed by atoms with van der Waals surface area (Å²) < 4.78 is 22.4. The van der Waals surface area contributed by atoms with Crippen LogP contribution in [0.2, 0.25) is 0 Å². The van der Waals surface area contributed by atoms with Crippen LogP contribution in [0, 0.1) is 0 Å². The molecule has 1 aliphatic rings. The summed E-state index contributed by atoms with van der Waals surface area (Å²) in [6.45, 7) is 2.44. The molecule has 1 saturated heterocycles. The molecule has 2 N–H and O–H groups in total. The van der Waals surface area contributed by atoms with Gasteiger partial charge < -0.3 is 10.6 Å². The Morgan fingerprint density at radius 2 is 1.94 bits per heavy atom. The molecule has 6 nitrogen and oxygen atoms in total. The minimum atomic E-state index is -2.87. The van der Waals surface area contributed by atoms with Gasteiger partial charge in [0.1, 0.15) is 0 Å². The summed E-state index contributed by atoms with van der Waals surface area (Å²) in [4.78, 5) is 15.3.